The minimum absolute atomic E-state index is 0. The van der Waals surface area contributed by atoms with Gasteiger partial charge in [0.05, 0.1) is 8.15 Å². The molecule has 0 amide bonds. The molecule has 0 bridgehead atoms. The summed E-state index contributed by atoms with van der Waals surface area (Å²) in [7, 11) is -1.64. The molecule has 1 radical (unpaired) electrons. The maximum Gasteiger partial charge on any atom is 3.00 e. The van der Waals surface area contributed by atoms with E-state index in [0.717, 1.165) is 10.6 Å². The Hall–Kier alpha value is -1.59. The van der Waals surface area contributed by atoms with Gasteiger partial charge < -0.3 is 24.4 Å². The molecule has 0 unspecified atom stereocenters. The van der Waals surface area contributed by atoms with Crippen LogP contribution in [0.25, 0.3) is 0 Å². The molecule has 0 saturated heterocycles. The first-order valence-electron chi connectivity index (χ1n) is 15.3. The Bertz CT molecular complexity index is 1050. The summed E-state index contributed by atoms with van der Waals surface area (Å²) < 4.78 is 0. The van der Waals surface area contributed by atoms with Gasteiger partial charge >= 0.3 is 21.7 Å². The van der Waals surface area contributed by atoms with Crippen molar-refractivity contribution in [3.63, 3.8) is 0 Å². The van der Waals surface area contributed by atoms with Gasteiger partial charge in [0.2, 0.25) is 0 Å². The van der Waals surface area contributed by atoms with Crippen LogP contribution in [0.4, 0.5) is 0 Å². The molecule has 1 nitrogen and oxygen atoms in total. The number of hydrogen-bond acceptors (Lipinski definition) is 1. The summed E-state index contributed by atoms with van der Waals surface area (Å²) in [5.74, 6) is 0. The third-order valence-corrected chi connectivity index (χ3v) is 10.8. The van der Waals surface area contributed by atoms with E-state index >= 15 is 0 Å². The fraction of sp³-hybridized carbons (Fsp3) is 0.308. The van der Waals surface area contributed by atoms with Gasteiger partial charge in [0.25, 0.3) is 0 Å². The van der Waals surface area contributed by atoms with Gasteiger partial charge in [0, 0.05) is 10.6 Å². The van der Waals surface area contributed by atoms with E-state index in [1.54, 1.807) is 0 Å². The molecule has 0 spiro atoms. The number of rotatable bonds is 4. The Labute approximate surface area is 280 Å². The largest absolute Gasteiger partial charge is 3.00 e. The van der Waals surface area contributed by atoms with E-state index in [0.29, 0.717) is 0 Å². The summed E-state index contributed by atoms with van der Waals surface area (Å²) in [5, 5.41) is 4.68. The molecule has 0 aromatic heterocycles. The average Bonchev–Trinajstić information content (AvgIpc) is 3.79. The maximum absolute atomic E-state index is 10.2. The molecule has 225 valence electrons. The van der Waals surface area contributed by atoms with Gasteiger partial charge in [0.1, 0.15) is 0 Å². The quantitative estimate of drug-likeness (QED) is 0.133. The van der Waals surface area contributed by atoms with Crippen molar-refractivity contribution >= 4 is 37.3 Å². The van der Waals surface area contributed by atoms with Gasteiger partial charge in [-0.2, -0.15) is 25.7 Å². The Kier molecular flexibility index (Phi) is 18.5. The van der Waals surface area contributed by atoms with Crippen molar-refractivity contribution in [3.8, 4) is 0 Å². The molecule has 6 rings (SSSR count). The van der Waals surface area contributed by atoms with E-state index in [1.165, 1.54) is 84.2 Å². The summed E-state index contributed by atoms with van der Waals surface area (Å²) in [4.78, 5) is 10.2. The normalized spacial score (nSPS) is 13.6. The second-order valence-electron chi connectivity index (χ2n) is 11.2. The van der Waals surface area contributed by atoms with Crippen molar-refractivity contribution in [2.45, 2.75) is 79.1 Å². The molecule has 4 aromatic carbocycles. The molecule has 0 atom stereocenters. The second kappa shape index (κ2) is 21.2. The van der Waals surface area contributed by atoms with Crippen LogP contribution in [0.1, 0.15) is 73.6 Å². The van der Waals surface area contributed by atoms with Gasteiger partial charge in [-0.25, -0.2) is 7.92 Å². The first kappa shape index (κ1) is 37.6. The zero-order chi connectivity index (χ0) is 30.2. The zero-order valence-electron chi connectivity index (χ0n) is 26.6. The van der Waals surface area contributed by atoms with E-state index in [9.17, 15) is 4.89 Å². The van der Waals surface area contributed by atoms with Crippen LogP contribution >= 0.6 is 16.1 Å². The monoisotopic (exact) mass is 643 g/mol. The van der Waals surface area contributed by atoms with Crippen molar-refractivity contribution in [3.05, 3.63) is 139 Å². The van der Waals surface area contributed by atoms with E-state index < -0.39 is 16.1 Å². The van der Waals surface area contributed by atoms with Crippen molar-refractivity contribution in [1.82, 2.24) is 0 Å². The van der Waals surface area contributed by atoms with Gasteiger partial charge in [-0.1, -0.05) is 156 Å². The number of aryl methyl sites for hydroxylation is 4. The Morgan fingerprint density at radius 1 is 0.465 bits per heavy atom. The van der Waals surface area contributed by atoms with Crippen LogP contribution in [0.2, 0.25) is 0 Å². The molecule has 1 N–H and O–H groups in total. The summed E-state index contributed by atoms with van der Waals surface area (Å²) >= 11 is 0. The second-order valence-corrected chi connectivity index (χ2v) is 14.8. The molecule has 4 aromatic rings. The standard InChI is InChI=1S/C15H16P.C14H15OP.2C5H9.Ti/c1-12-4-8-14(9-5-12)16(3)15-10-6-13(2)7-11-15;1-11-3-7-13(8-4-11)16(15)14-9-5-12(2)6-10-14;2*1-2-4-5-3-1;/h4-11H,3H2,1-2H3;3-10,15H,1-2H3;2*1H,2-5H2;/q-1;;2*-1;+3. The van der Waals surface area contributed by atoms with Gasteiger partial charge in [0.15, 0.2) is 0 Å². The van der Waals surface area contributed by atoms with Crippen LogP contribution in [0, 0.1) is 47.2 Å². The molecule has 0 aliphatic heterocycles. The van der Waals surface area contributed by atoms with E-state index in [-0.39, 0.29) is 21.7 Å². The molecule has 2 fully saturated rings. The summed E-state index contributed by atoms with van der Waals surface area (Å²) in [5.41, 5.74) is 5.04. The van der Waals surface area contributed by atoms with E-state index in [1.807, 2.05) is 48.5 Å². The Morgan fingerprint density at radius 3 is 0.907 bits per heavy atom. The SMILES string of the molecule is Cc1ccc(P(O)c2ccc(C)cc2)cc1.[CH-]1CCCC1.[CH-]1CCCC1.[CH2-]P(c1ccc(C)cc1)c1ccc(C)cc1.[Ti+3]. The Morgan fingerprint density at radius 2 is 0.698 bits per heavy atom. The van der Waals surface area contributed by atoms with Crippen molar-refractivity contribution in [2.75, 3.05) is 0 Å². The van der Waals surface area contributed by atoms with Crippen LogP contribution in [0.15, 0.2) is 97.1 Å². The molecule has 43 heavy (non-hydrogen) atoms. The van der Waals surface area contributed by atoms with Gasteiger partial charge in [-0.3, -0.25) is 0 Å². The third-order valence-electron chi connectivity index (χ3n) is 7.38. The van der Waals surface area contributed by atoms with Crippen LogP contribution in [0.3, 0.4) is 0 Å². The molecule has 2 aliphatic rings. The minimum atomic E-state index is -1.20. The van der Waals surface area contributed by atoms with Crippen LogP contribution < -0.4 is 21.2 Å². The topological polar surface area (TPSA) is 20.2 Å². The predicted molar refractivity (Wildman–Crippen MR) is 190 cm³/mol. The molecule has 4 heteroatoms. The molecule has 0 heterocycles. The zero-order valence-corrected chi connectivity index (χ0v) is 29.9. The van der Waals surface area contributed by atoms with Crippen molar-refractivity contribution in [2.24, 2.45) is 0 Å². The molecule has 2 saturated carbocycles. The van der Waals surface area contributed by atoms with Gasteiger partial charge in [-0.15, -0.1) is 0 Å². The smallest absolute Gasteiger partial charge is 0.364 e. The average molecular weight is 644 g/mol. The van der Waals surface area contributed by atoms with Crippen LogP contribution in [-0.4, -0.2) is 4.89 Å². The summed E-state index contributed by atoms with van der Waals surface area (Å²) in [6, 6.07) is 33.5. The van der Waals surface area contributed by atoms with E-state index in [2.05, 4.69) is 95.7 Å². The van der Waals surface area contributed by atoms with Gasteiger partial charge in [-0.05, 0) is 27.7 Å². The minimum Gasteiger partial charge on any atom is -0.364 e. The molecular weight excluding hydrogens is 594 g/mol. The first-order chi connectivity index (χ1) is 20.3. The van der Waals surface area contributed by atoms with Crippen LogP contribution in [-0.2, 0) is 21.7 Å². The first-order valence-corrected chi connectivity index (χ1v) is 18.2. The third kappa shape index (κ3) is 14.4. The van der Waals surface area contributed by atoms with Crippen LogP contribution in [0.5, 0.6) is 0 Å². The fourth-order valence-corrected chi connectivity index (χ4v) is 7.04. The summed E-state index contributed by atoms with van der Waals surface area (Å²) in [6.07, 6.45) is 16.0. The van der Waals surface area contributed by atoms with Crippen molar-refractivity contribution in [1.29, 1.82) is 0 Å². The number of benzene rings is 4. The Balaban J connectivity index is 0.000000223. The van der Waals surface area contributed by atoms with E-state index in [4.69, 9.17) is 0 Å². The molecule has 2 aliphatic carbocycles. The number of hydrogen-bond donors (Lipinski definition) is 1. The summed E-state index contributed by atoms with van der Waals surface area (Å²) in [6.45, 7) is 12.6. The van der Waals surface area contributed by atoms with Crippen molar-refractivity contribution < 1.29 is 26.6 Å². The maximum atomic E-state index is 10.2. The predicted octanol–water partition coefficient (Wildman–Crippen LogP) is 9.70. The molecular formula is C39H49OP2Ti. The fourth-order valence-electron chi connectivity index (χ4n) is 4.56.